The Morgan fingerprint density at radius 1 is 0.878 bits per heavy atom. The van der Waals surface area contributed by atoms with E-state index in [1.165, 1.54) is 10.9 Å². The van der Waals surface area contributed by atoms with E-state index in [9.17, 15) is 23.4 Å². The smallest absolute Gasteiger partial charge is 0.416 e. The number of phenols is 1. The van der Waals surface area contributed by atoms with Crippen molar-refractivity contribution in [2.24, 2.45) is 0 Å². The lowest BCUT2D eigenvalue weighted by Crippen LogP contribution is -2.30. The summed E-state index contributed by atoms with van der Waals surface area (Å²) in [5, 5.41) is 31.1. The molecule has 0 spiro atoms. The fraction of sp³-hybridized carbons (Fsp3) is 0.455. The van der Waals surface area contributed by atoms with Crippen LogP contribution in [0.5, 0.6) is 5.75 Å². The van der Waals surface area contributed by atoms with Gasteiger partial charge in [-0.3, -0.25) is 0 Å². The fourth-order valence-corrected chi connectivity index (χ4v) is 5.76. The number of aliphatic hydroxyl groups is 1. The highest BCUT2D eigenvalue weighted by Gasteiger charge is 2.38. The maximum atomic E-state index is 13.4. The Balaban J connectivity index is 2.05. The second kappa shape index (κ2) is 11.5. The van der Waals surface area contributed by atoms with Crippen LogP contribution in [0, 0.1) is 0 Å². The van der Waals surface area contributed by atoms with Crippen LogP contribution in [0.25, 0.3) is 16.7 Å². The lowest BCUT2D eigenvalue weighted by atomic mass is 9.66. The van der Waals surface area contributed by atoms with Gasteiger partial charge >= 0.3 is 6.18 Å². The van der Waals surface area contributed by atoms with Gasteiger partial charge in [-0.05, 0) is 52.8 Å². The molecule has 0 aliphatic carbocycles. The number of benzene rings is 3. The third-order valence-electron chi connectivity index (χ3n) is 8.26. The summed E-state index contributed by atoms with van der Waals surface area (Å²) in [7, 11) is 0. The molecular weight excluding hydrogens is 527 g/mol. The molecule has 4 rings (SSSR count). The van der Waals surface area contributed by atoms with Crippen molar-refractivity contribution in [1.82, 2.24) is 15.0 Å². The van der Waals surface area contributed by atoms with Crippen LogP contribution in [-0.4, -0.2) is 31.8 Å². The summed E-state index contributed by atoms with van der Waals surface area (Å²) < 4.78 is 40.1. The lowest BCUT2D eigenvalue weighted by molar-refractivity contribution is -0.137. The first kappa shape index (κ1) is 30.6. The third-order valence-corrected chi connectivity index (χ3v) is 8.26. The molecule has 1 heterocycles. The molecule has 41 heavy (non-hydrogen) atoms. The molecule has 220 valence electrons. The average Bonchev–Trinajstić information content (AvgIpc) is 3.35. The van der Waals surface area contributed by atoms with Crippen molar-refractivity contribution in [3.63, 3.8) is 0 Å². The summed E-state index contributed by atoms with van der Waals surface area (Å²) in [6.45, 7) is 12.4. The van der Waals surface area contributed by atoms with Crippen LogP contribution in [0.1, 0.15) is 101 Å². The van der Waals surface area contributed by atoms with E-state index in [1.807, 2.05) is 31.2 Å². The van der Waals surface area contributed by atoms with Crippen LogP contribution in [0.2, 0.25) is 0 Å². The molecule has 1 aromatic heterocycles. The van der Waals surface area contributed by atoms with Gasteiger partial charge in [0.25, 0.3) is 0 Å². The normalized spacial score (nSPS) is 13.6. The van der Waals surface area contributed by atoms with Crippen molar-refractivity contribution in [3.05, 3.63) is 82.4 Å². The molecule has 5 nitrogen and oxygen atoms in total. The van der Waals surface area contributed by atoms with Gasteiger partial charge in [0, 0.05) is 23.5 Å². The number of fused-ring (bicyclic) bond motifs is 1. The number of hydrogen-bond donors (Lipinski definition) is 2. The average molecular weight is 568 g/mol. The topological polar surface area (TPSA) is 71.2 Å². The molecule has 1 unspecified atom stereocenters. The summed E-state index contributed by atoms with van der Waals surface area (Å²) in [6.07, 6.45) is -0.446. The molecule has 0 fully saturated rings. The van der Waals surface area contributed by atoms with Crippen LogP contribution in [-0.2, 0) is 17.0 Å². The molecule has 8 heteroatoms. The number of nitrogens with zero attached hydrogens (tertiary/aromatic N) is 3. The summed E-state index contributed by atoms with van der Waals surface area (Å²) in [5.74, 6) is -0.519. The van der Waals surface area contributed by atoms with Gasteiger partial charge in [0.15, 0.2) is 0 Å². The number of aliphatic hydroxyl groups excluding tert-OH is 1. The summed E-state index contributed by atoms with van der Waals surface area (Å²) in [6, 6.07) is 15.2. The van der Waals surface area contributed by atoms with Crippen molar-refractivity contribution >= 4 is 11.0 Å². The first-order valence-electron chi connectivity index (χ1n) is 14.2. The number of rotatable bonds is 10. The van der Waals surface area contributed by atoms with Gasteiger partial charge < -0.3 is 10.2 Å². The Morgan fingerprint density at radius 2 is 1.54 bits per heavy atom. The van der Waals surface area contributed by atoms with Crippen molar-refractivity contribution in [2.45, 2.75) is 90.1 Å². The van der Waals surface area contributed by atoms with E-state index in [4.69, 9.17) is 0 Å². The van der Waals surface area contributed by atoms with E-state index < -0.39 is 23.1 Å². The molecule has 1 atom stereocenters. The maximum absolute atomic E-state index is 13.4. The highest BCUT2D eigenvalue weighted by atomic mass is 19.4. The minimum Gasteiger partial charge on any atom is -0.505 e. The van der Waals surface area contributed by atoms with Crippen molar-refractivity contribution in [2.75, 3.05) is 6.61 Å². The highest BCUT2D eigenvalue weighted by molar-refractivity contribution is 5.75. The molecule has 0 amide bonds. The van der Waals surface area contributed by atoms with Crippen LogP contribution in [0.3, 0.4) is 0 Å². The van der Waals surface area contributed by atoms with E-state index in [-0.39, 0.29) is 34.5 Å². The minimum absolute atomic E-state index is 0.0772. The monoisotopic (exact) mass is 567 g/mol. The zero-order chi connectivity index (χ0) is 30.2. The second-order valence-corrected chi connectivity index (χ2v) is 12.2. The van der Waals surface area contributed by atoms with E-state index in [2.05, 4.69) is 56.9 Å². The minimum atomic E-state index is -4.51. The fourth-order valence-electron chi connectivity index (χ4n) is 5.76. The Kier molecular flexibility index (Phi) is 8.55. The van der Waals surface area contributed by atoms with Gasteiger partial charge in [0.05, 0.1) is 5.56 Å². The second-order valence-electron chi connectivity index (χ2n) is 12.2. The molecular formula is C33H40F3N3O2. The van der Waals surface area contributed by atoms with E-state index in [0.717, 1.165) is 54.5 Å². The number of aromatic nitrogens is 3. The Labute approximate surface area is 240 Å². The summed E-state index contributed by atoms with van der Waals surface area (Å²) in [5.41, 5.74) is 2.52. The van der Waals surface area contributed by atoms with Gasteiger partial charge in [-0.15, -0.1) is 15.0 Å². The van der Waals surface area contributed by atoms with E-state index in [1.54, 1.807) is 0 Å². The number of alkyl halides is 3. The predicted molar refractivity (Wildman–Crippen MR) is 157 cm³/mol. The first-order valence-corrected chi connectivity index (χ1v) is 14.2. The van der Waals surface area contributed by atoms with Gasteiger partial charge in [-0.25, -0.2) is 0 Å². The zero-order valence-corrected chi connectivity index (χ0v) is 24.7. The Morgan fingerprint density at radius 3 is 2.15 bits per heavy atom. The van der Waals surface area contributed by atoms with Crippen LogP contribution < -0.4 is 0 Å². The van der Waals surface area contributed by atoms with Crippen LogP contribution in [0.4, 0.5) is 13.2 Å². The van der Waals surface area contributed by atoms with Crippen LogP contribution in [0.15, 0.2) is 54.6 Å². The van der Waals surface area contributed by atoms with Crippen molar-refractivity contribution in [1.29, 1.82) is 0 Å². The summed E-state index contributed by atoms with van der Waals surface area (Å²) >= 11 is 0. The molecule has 0 aliphatic heterocycles. The highest BCUT2D eigenvalue weighted by Crippen LogP contribution is 2.49. The maximum Gasteiger partial charge on any atom is 0.416 e. The number of halogens is 3. The quantitative estimate of drug-likeness (QED) is 0.189. The Bertz CT molecular complexity index is 1510. The molecule has 2 N–H and O–H groups in total. The lowest BCUT2D eigenvalue weighted by Gasteiger charge is -2.39. The van der Waals surface area contributed by atoms with Gasteiger partial charge in [0.1, 0.15) is 22.5 Å². The number of hydrogen-bond acceptors (Lipinski definition) is 4. The molecule has 0 bridgehead atoms. The molecule has 3 aromatic carbocycles. The first-order chi connectivity index (χ1) is 19.2. The Hall–Kier alpha value is -3.39. The number of unbranched alkanes of at least 4 members (excludes halogenated alkanes) is 2. The molecule has 0 saturated carbocycles. The number of phenolic OH excluding ortho intramolecular Hbond substituents is 1. The predicted octanol–water partition coefficient (Wildman–Crippen LogP) is 8.42. The van der Waals surface area contributed by atoms with Gasteiger partial charge in [-0.1, -0.05) is 91.1 Å². The molecule has 0 radical (unpaired) electrons. The largest absolute Gasteiger partial charge is 0.505 e. The standard InChI is InChI=1S/C33H40F3N3O2/c1-7-8-12-17-31(3,4)24-19-27(39-37-25-16-15-23(33(34,35)36)18-26(25)38-39)30(41)28(21(2)20-40)29(24)32(5,6)22-13-10-9-11-14-22/h9-11,13-16,18-19,21,40-41H,7-8,12,17,20H2,1-6H3. The zero-order valence-electron chi connectivity index (χ0n) is 24.7. The third kappa shape index (κ3) is 5.98. The van der Waals surface area contributed by atoms with Gasteiger partial charge in [0.2, 0.25) is 0 Å². The number of aromatic hydroxyl groups is 1. The SMILES string of the molecule is CCCCCC(C)(C)c1cc(-n2nc3ccc(C(F)(F)F)cc3n2)c(O)c(C(C)CO)c1C(C)(C)c1ccccc1. The van der Waals surface area contributed by atoms with E-state index >= 15 is 0 Å². The van der Waals surface area contributed by atoms with Gasteiger partial charge in [-0.2, -0.15) is 13.2 Å². The van der Waals surface area contributed by atoms with Crippen LogP contribution >= 0.6 is 0 Å². The molecule has 0 saturated heterocycles. The summed E-state index contributed by atoms with van der Waals surface area (Å²) in [4.78, 5) is 1.22. The molecule has 4 aromatic rings. The molecule has 0 aliphatic rings. The van der Waals surface area contributed by atoms with Crippen molar-refractivity contribution in [3.8, 4) is 11.4 Å². The van der Waals surface area contributed by atoms with Crippen molar-refractivity contribution < 1.29 is 23.4 Å². The van der Waals surface area contributed by atoms with E-state index in [0.29, 0.717) is 5.56 Å².